The number of ether oxygens (including phenoxy) is 2. The van der Waals surface area contributed by atoms with Gasteiger partial charge in [-0.2, -0.15) is 0 Å². The summed E-state index contributed by atoms with van der Waals surface area (Å²) in [5.41, 5.74) is 5.44. The number of halogens is 1. The van der Waals surface area contributed by atoms with Gasteiger partial charge in [-0.05, 0) is 0 Å². The van der Waals surface area contributed by atoms with Gasteiger partial charge in [-0.3, -0.25) is 0 Å². The maximum atomic E-state index is 11.4. The van der Waals surface area contributed by atoms with Crippen molar-refractivity contribution in [3.8, 4) is 0 Å². The fourth-order valence-corrected chi connectivity index (χ4v) is 2.75. The molecular weight excluding hydrogens is 355 g/mol. The van der Waals surface area contributed by atoms with Gasteiger partial charge < -0.3 is 0 Å². The van der Waals surface area contributed by atoms with Crippen molar-refractivity contribution >= 4 is 9.76 Å². The van der Waals surface area contributed by atoms with Crippen molar-refractivity contribution in [1.29, 1.82) is 0 Å². The van der Waals surface area contributed by atoms with E-state index in [0.717, 1.165) is 0 Å². The van der Waals surface area contributed by atoms with E-state index in [1.54, 1.807) is 7.11 Å². The van der Waals surface area contributed by atoms with Crippen LogP contribution in [0, 0.1) is 0 Å². The van der Waals surface area contributed by atoms with Crippen LogP contribution in [0.2, 0.25) is 0 Å². The number of hydrogen-bond acceptors (Lipinski definition) is 6. The normalized spacial score (nSPS) is 12.6. The van der Waals surface area contributed by atoms with E-state index in [2.05, 4.69) is 5.32 Å². The van der Waals surface area contributed by atoms with Crippen molar-refractivity contribution in [2.45, 2.75) is 12.5 Å². The van der Waals surface area contributed by atoms with Crippen LogP contribution < -0.4 is 32.3 Å². The quantitative estimate of drug-likeness (QED) is 0.104. The number of nitrogens with one attached hydrogen (secondary N) is 1. The van der Waals surface area contributed by atoms with E-state index in [0.29, 0.717) is 30.9 Å². The first-order valence-corrected chi connectivity index (χ1v) is 8.06. The molecule has 0 radical (unpaired) electrons. The zero-order chi connectivity index (χ0) is 13.8. The van der Waals surface area contributed by atoms with E-state index in [-0.39, 0.29) is 10.2 Å². The Morgan fingerprint density at radius 2 is 2.11 bits per heavy atom. The number of aliphatic carboxylic acids is 1. The number of carbonyl (C=O) groups is 2. The van der Waals surface area contributed by atoms with Crippen molar-refractivity contribution in [3.63, 3.8) is 0 Å². The van der Waals surface area contributed by atoms with E-state index in [4.69, 9.17) is 20.3 Å². The van der Waals surface area contributed by atoms with E-state index in [1.807, 2.05) is 0 Å². The zero-order valence-corrected chi connectivity index (χ0v) is 12.5. The summed E-state index contributed by atoms with van der Waals surface area (Å²) in [7, 11) is 1.61. The topological polar surface area (TPSA) is 111 Å². The molecule has 1 atom stereocenters. The number of hydrogen-bond donors (Lipinski definition) is 3. The van der Waals surface area contributed by atoms with E-state index < -0.39 is 33.2 Å². The Morgan fingerprint density at radius 3 is 2.72 bits per heavy atom. The van der Waals surface area contributed by atoms with Crippen LogP contribution in [-0.2, 0) is 19.1 Å². The number of methoxy groups -OCH3 is 1. The van der Waals surface area contributed by atoms with Gasteiger partial charge in [0.15, 0.2) is 0 Å². The third-order valence-electron chi connectivity index (χ3n) is 1.83. The predicted octanol–water partition coefficient (Wildman–Crippen LogP) is -4.39. The summed E-state index contributed by atoms with van der Waals surface area (Å²) < 4.78 is 10.5. The van der Waals surface area contributed by atoms with Gasteiger partial charge in [-0.15, -0.1) is 0 Å². The van der Waals surface area contributed by atoms with Crippen LogP contribution >= 0.6 is 0 Å². The molecule has 0 aromatic heterocycles. The Kier molecular flexibility index (Phi) is 11.6. The number of rotatable bonds is 12. The molecule has 0 aromatic rings. The van der Waals surface area contributed by atoms with Crippen molar-refractivity contribution in [1.82, 2.24) is 5.32 Å². The van der Waals surface area contributed by atoms with E-state index in [9.17, 15) is 9.59 Å². The Labute approximate surface area is 117 Å². The second-order valence-electron chi connectivity index (χ2n) is 3.38. The molecule has 0 amide bonds. The Balaban J connectivity index is 3.37. The van der Waals surface area contributed by atoms with Crippen LogP contribution in [0.3, 0.4) is 0 Å². The van der Waals surface area contributed by atoms with Crippen LogP contribution in [0.4, 0.5) is 0 Å². The van der Waals surface area contributed by atoms with E-state index in [1.165, 1.54) is 0 Å². The molecule has 8 heteroatoms. The summed E-state index contributed by atoms with van der Waals surface area (Å²) in [6.07, 6.45) is -0.293. The standard InChI is InChI=1S/C10H20IN2O5/c1-17-4-5-18-3-2-13-7-11-10(16)8(12)6-9(14)15/h8,13H,2-7,12H2,1H3,(H,14,15)/q-1/t8-/m1/s1. The molecule has 0 heterocycles. The number of carbonyl (C=O) groups excluding carboxylic acids is 1. The van der Waals surface area contributed by atoms with Crippen LogP contribution in [0.5, 0.6) is 0 Å². The van der Waals surface area contributed by atoms with Crippen molar-refractivity contribution in [3.05, 3.63) is 0 Å². The molecule has 0 spiro atoms. The zero-order valence-electron chi connectivity index (χ0n) is 10.4. The molecule has 0 aromatic carbocycles. The van der Waals surface area contributed by atoms with Crippen LogP contribution in [0.1, 0.15) is 6.42 Å². The van der Waals surface area contributed by atoms with Gasteiger partial charge in [-0.25, -0.2) is 0 Å². The van der Waals surface area contributed by atoms with Crippen molar-refractivity contribution in [2.24, 2.45) is 5.73 Å². The van der Waals surface area contributed by atoms with Gasteiger partial charge >= 0.3 is 117 Å². The fourth-order valence-electron chi connectivity index (χ4n) is 0.936. The molecule has 0 fully saturated rings. The number of alkyl halides is 1. The molecule has 0 aliphatic heterocycles. The molecule has 0 rings (SSSR count). The summed E-state index contributed by atoms with van der Waals surface area (Å²) in [5, 5.41) is 11.5. The minimum absolute atomic E-state index is 0.135. The van der Waals surface area contributed by atoms with Crippen LogP contribution in [-0.4, -0.2) is 58.9 Å². The number of carboxylic acid groups (broad SMARTS) is 1. The minimum atomic E-state index is -1.04. The van der Waals surface area contributed by atoms with Gasteiger partial charge in [0.05, 0.1) is 0 Å². The molecule has 0 saturated carbocycles. The second kappa shape index (κ2) is 11.8. The molecule has 18 heavy (non-hydrogen) atoms. The van der Waals surface area contributed by atoms with Crippen molar-refractivity contribution in [2.75, 3.05) is 38.0 Å². The number of carboxylic acids is 1. The maximum absolute atomic E-state index is 11.4. The fraction of sp³-hybridized carbons (Fsp3) is 0.800. The predicted molar refractivity (Wildman–Crippen MR) is 60.8 cm³/mol. The molecule has 0 aliphatic carbocycles. The third-order valence-corrected chi connectivity index (χ3v) is 4.31. The first kappa shape index (κ1) is 17.7. The van der Waals surface area contributed by atoms with Crippen molar-refractivity contribution < 1.29 is 45.4 Å². The molecule has 0 bridgehead atoms. The SMILES string of the molecule is COCCOCCNC[I-]C(=O)[C@H](N)CC(=O)O. The molecule has 4 N–H and O–H groups in total. The summed E-state index contributed by atoms with van der Waals surface area (Å²) in [5.74, 6) is -1.04. The van der Waals surface area contributed by atoms with Gasteiger partial charge in [-0.1, -0.05) is 0 Å². The first-order chi connectivity index (χ1) is 8.57. The molecule has 0 unspecified atom stereocenters. The average Bonchev–Trinajstić information content (AvgIpc) is 2.31. The van der Waals surface area contributed by atoms with E-state index >= 15 is 0 Å². The number of nitrogens with two attached hydrogens (primary N) is 1. The Hall–Kier alpha value is -0.290. The first-order valence-electron chi connectivity index (χ1n) is 5.45. The molecule has 7 nitrogen and oxygen atoms in total. The summed E-state index contributed by atoms with van der Waals surface area (Å²) >= 11 is -0.758. The van der Waals surface area contributed by atoms with Crippen LogP contribution in [0.25, 0.3) is 0 Å². The van der Waals surface area contributed by atoms with Gasteiger partial charge in [0.25, 0.3) is 0 Å². The van der Waals surface area contributed by atoms with Gasteiger partial charge in [0.1, 0.15) is 0 Å². The monoisotopic (exact) mass is 375 g/mol. The molecule has 0 aliphatic rings. The second-order valence-corrected chi connectivity index (χ2v) is 5.97. The summed E-state index contributed by atoms with van der Waals surface area (Å²) in [6, 6.07) is -0.866. The molecule has 0 saturated heterocycles. The van der Waals surface area contributed by atoms with Gasteiger partial charge in [0, 0.05) is 0 Å². The Morgan fingerprint density at radius 1 is 1.39 bits per heavy atom. The molecule has 108 valence electrons. The van der Waals surface area contributed by atoms with Crippen LogP contribution in [0.15, 0.2) is 0 Å². The van der Waals surface area contributed by atoms with Gasteiger partial charge in [0.2, 0.25) is 0 Å². The summed E-state index contributed by atoms with van der Waals surface area (Å²) in [4.78, 5) is 21.8. The third kappa shape index (κ3) is 10.8. The Bertz CT molecular complexity index is 252. The molecular formula is C10H20IN2O5-. The summed E-state index contributed by atoms with van der Waals surface area (Å²) in [6.45, 7) is 2.33. The average molecular weight is 375 g/mol.